The highest BCUT2D eigenvalue weighted by Crippen LogP contribution is 2.32. The highest BCUT2D eigenvalue weighted by molar-refractivity contribution is 5.70. The minimum Gasteiger partial charge on any atom is -0.470 e. The molecule has 0 radical (unpaired) electrons. The summed E-state index contributed by atoms with van der Waals surface area (Å²) < 4.78 is 8.24. The lowest BCUT2D eigenvalue weighted by atomic mass is 10.0. The lowest BCUT2D eigenvalue weighted by Crippen LogP contribution is -2.13. The van der Waals surface area contributed by atoms with Crippen LogP contribution in [0.15, 0.2) is 67.3 Å². The Bertz CT molecular complexity index is 717. The highest BCUT2D eigenvalue weighted by atomic mass is 16.5. The first-order chi connectivity index (χ1) is 10.8. The number of nitrogens with zero attached hydrogens (tertiary/aromatic N) is 2. The van der Waals surface area contributed by atoms with Crippen LogP contribution < -0.4 is 4.74 Å². The molecule has 0 spiro atoms. The smallest absolute Gasteiger partial charge is 0.176 e. The van der Waals surface area contributed by atoms with Crippen molar-refractivity contribution in [1.82, 2.24) is 9.55 Å². The molecule has 0 amide bonds. The van der Waals surface area contributed by atoms with Crippen molar-refractivity contribution in [3.05, 3.63) is 72.8 Å². The Labute approximate surface area is 131 Å². The normalized spacial score (nSPS) is 12.1. The van der Waals surface area contributed by atoms with Crippen molar-refractivity contribution in [2.24, 2.45) is 0 Å². The van der Waals surface area contributed by atoms with Gasteiger partial charge in [0.15, 0.2) is 6.23 Å². The summed E-state index contributed by atoms with van der Waals surface area (Å²) in [5.41, 5.74) is 3.54. The zero-order valence-corrected chi connectivity index (χ0v) is 12.9. The molecule has 0 N–H and O–H groups in total. The summed E-state index contributed by atoms with van der Waals surface area (Å²) in [7, 11) is 0. The first-order valence-electron chi connectivity index (χ1n) is 7.58. The van der Waals surface area contributed by atoms with E-state index in [0.717, 1.165) is 17.7 Å². The van der Waals surface area contributed by atoms with Crippen LogP contribution in [0, 0.1) is 6.92 Å². The van der Waals surface area contributed by atoms with Gasteiger partial charge < -0.3 is 9.30 Å². The molecule has 3 aromatic rings. The molecule has 22 heavy (non-hydrogen) atoms. The molecule has 1 heterocycles. The second-order valence-electron chi connectivity index (χ2n) is 5.35. The molecule has 1 aromatic heterocycles. The van der Waals surface area contributed by atoms with Gasteiger partial charge in [-0.2, -0.15) is 0 Å². The lowest BCUT2D eigenvalue weighted by molar-refractivity contribution is 0.128. The van der Waals surface area contributed by atoms with E-state index in [1.165, 1.54) is 11.1 Å². The SMILES string of the molecule is CCC(Oc1ccccc1-c1ccc(C)cc1)n1ccnc1. The van der Waals surface area contributed by atoms with Gasteiger partial charge in [-0.3, -0.25) is 0 Å². The van der Waals surface area contributed by atoms with Gasteiger partial charge in [-0.25, -0.2) is 4.98 Å². The fourth-order valence-corrected chi connectivity index (χ4v) is 2.48. The maximum absolute atomic E-state index is 6.25. The summed E-state index contributed by atoms with van der Waals surface area (Å²) in [6.07, 6.45) is 6.33. The molecular weight excluding hydrogens is 272 g/mol. The molecule has 3 heteroatoms. The third-order valence-electron chi connectivity index (χ3n) is 3.72. The summed E-state index contributed by atoms with van der Waals surface area (Å²) in [6.45, 7) is 4.21. The summed E-state index contributed by atoms with van der Waals surface area (Å²) >= 11 is 0. The van der Waals surface area contributed by atoms with Crippen molar-refractivity contribution in [1.29, 1.82) is 0 Å². The number of benzene rings is 2. The Kier molecular flexibility index (Phi) is 4.24. The molecule has 0 saturated heterocycles. The Morgan fingerprint density at radius 1 is 1.09 bits per heavy atom. The number of para-hydroxylation sites is 1. The van der Waals surface area contributed by atoms with Crippen molar-refractivity contribution in [3.8, 4) is 16.9 Å². The van der Waals surface area contributed by atoms with E-state index in [1.807, 2.05) is 29.0 Å². The molecule has 112 valence electrons. The van der Waals surface area contributed by atoms with Crippen LogP contribution in [0.25, 0.3) is 11.1 Å². The Hall–Kier alpha value is -2.55. The predicted octanol–water partition coefficient (Wildman–Crippen LogP) is 4.85. The van der Waals surface area contributed by atoms with E-state index in [-0.39, 0.29) is 6.23 Å². The molecule has 0 aliphatic heterocycles. The summed E-state index contributed by atoms with van der Waals surface area (Å²) in [6, 6.07) is 16.7. The average Bonchev–Trinajstić information content (AvgIpc) is 3.08. The lowest BCUT2D eigenvalue weighted by Gasteiger charge is -2.21. The molecule has 0 fully saturated rings. The van der Waals surface area contributed by atoms with Crippen LogP contribution in [-0.2, 0) is 0 Å². The van der Waals surface area contributed by atoms with Gasteiger partial charge in [0.25, 0.3) is 0 Å². The minimum absolute atomic E-state index is 0.0471. The number of rotatable bonds is 5. The third kappa shape index (κ3) is 3.03. The first-order valence-corrected chi connectivity index (χ1v) is 7.58. The number of imidazole rings is 1. The largest absolute Gasteiger partial charge is 0.470 e. The third-order valence-corrected chi connectivity index (χ3v) is 3.72. The number of aromatic nitrogens is 2. The van der Waals surface area contributed by atoms with Gasteiger partial charge in [-0.15, -0.1) is 0 Å². The van der Waals surface area contributed by atoms with Crippen LogP contribution in [0.1, 0.15) is 25.1 Å². The monoisotopic (exact) mass is 292 g/mol. The van der Waals surface area contributed by atoms with Crippen LogP contribution >= 0.6 is 0 Å². The maximum atomic E-state index is 6.25. The molecule has 0 saturated carbocycles. The Morgan fingerprint density at radius 2 is 1.86 bits per heavy atom. The van der Waals surface area contributed by atoms with E-state index in [9.17, 15) is 0 Å². The molecule has 1 atom stereocenters. The molecule has 3 nitrogen and oxygen atoms in total. The molecule has 0 aliphatic carbocycles. The minimum atomic E-state index is -0.0471. The standard InChI is InChI=1S/C19H20N2O/c1-3-19(21-13-12-20-14-21)22-18-7-5-4-6-17(18)16-10-8-15(2)9-11-16/h4-14,19H,3H2,1-2H3. The van der Waals surface area contributed by atoms with Crippen LogP contribution in [0.2, 0.25) is 0 Å². The second kappa shape index (κ2) is 6.48. The van der Waals surface area contributed by atoms with Crippen LogP contribution in [0.5, 0.6) is 5.75 Å². The van der Waals surface area contributed by atoms with Crippen molar-refractivity contribution in [2.45, 2.75) is 26.5 Å². The number of aryl methyl sites for hydroxylation is 1. The summed E-state index contributed by atoms with van der Waals surface area (Å²) in [5, 5.41) is 0. The van der Waals surface area contributed by atoms with Crippen molar-refractivity contribution in [3.63, 3.8) is 0 Å². The molecule has 1 unspecified atom stereocenters. The van der Waals surface area contributed by atoms with E-state index in [4.69, 9.17) is 4.74 Å². The van der Waals surface area contributed by atoms with Gasteiger partial charge in [0, 0.05) is 24.4 Å². The Morgan fingerprint density at radius 3 is 2.55 bits per heavy atom. The van der Waals surface area contributed by atoms with Crippen LogP contribution in [0.3, 0.4) is 0 Å². The highest BCUT2D eigenvalue weighted by Gasteiger charge is 2.13. The molecule has 3 rings (SSSR count). The molecular formula is C19H20N2O. The van der Waals surface area contributed by atoms with Gasteiger partial charge in [0.1, 0.15) is 5.75 Å². The zero-order valence-electron chi connectivity index (χ0n) is 12.9. The number of hydrogen-bond donors (Lipinski definition) is 0. The summed E-state index contributed by atoms with van der Waals surface area (Å²) in [4.78, 5) is 4.11. The van der Waals surface area contributed by atoms with Crippen molar-refractivity contribution >= 4 is 0 Å². The fourth-order valence-electron chi connectivity index (χ4n) is 2.48. The topological polar surface area (TPSA) is 27.1 Å². The number of hydrogen-bond acceptors (Lipinski definition) is 2. The van der Waals surface area contributed by atoms with E-state index >= 15 is 0 Å². The van der Waals surface area contributed by atoms with Gasteiger partial charge in [-0.05, 0) is 18.6 Å². The molecule has 0 aliphatic rings. The van der Waals surface area contributed by atoms with Gasteiger partial charge in [-0.1, -0.05) is 55.0 Å². The molecule has 0 bridgehead atoms. The second-order valence-corrected chi connectivity index (χ2v) is 5.35. The van der Waals surface area contributed by atoms with Gasteiger partial charge >= 0.3 is 0 Å². The van der Waals surface area contributed by atoms with Crippen molar-refractivity contribution in [2.75, 3.05) is 0 Å². The van der Waals surface area contributed by atoms with E-state index in [0.29, 0.717) is 0 Å². The van der Waals surface area contributed by atoms with E-state index in [2.05, 4.69) is 49.2 Å². The zero-order chi connectivity index (χ0) is 15.4. The van der Waals surface area contributed by atoms with Gasteiger partial charge in [0.05, 0.1) is 6.33 Å². The van der Waals surface area contributed by atoms with E-state index < -0.39 is 0 Å². The Balaban J connectivity index is 1.92. The van der Waals surface area contributed by atoms with Gasteiger partial charge in [0.2, 0.25) is 0 Å². The molecule has 2 aromatic carbocycles. The maximum Gasteiger partial charge on any atom is 0.176 e. The van der Waals surface area contributed by atoms with E-state index in [1.54, 1.807) is 12.5 Å². The summed E-state index contributed by atoms with van der Waals surface area (Å²) in [5.74, 6) is 0.895. The number of ether oxygens (including phenoxy) is 1. The predicted molar refractivity (Wildman–Crippen MR) is 88.8 cm³/mol. The average molecular weight is 292 g/mol. The quantitative estimate of drug-likeness (QED) is 0.672. The fraction of sp³-hybridized carbons (Fsp3) is 0.211. The van der Waals surface area contributed by atoms with Crippen LogP contribution in [0.4, 0.5) is 0 Å². The van der Waals surface area contributed by atoms with Crippen LogP contribution in [-0.4, -0.2) is 9.55 Å². The first kappa shape index (κ1) is 14.4. The van der Waals surface area contributed by atoms with Crippen molar-refractivity contribution < 1.29 is 4.74 Å².